The topological polar surface area (TPSA) is 70.9 Å². The maximum atomic E-state index is 14.1. The Kier molecular flexibility index (Phi) is 6.30. The third kappa shape index (κ3) is 4.14. The molecule has 0 bridgehead atoms. The van der Waals surface area contributed by atoms with Gasteiger partial charge in [0.1, 0.15) is 11.4 Å². The molecule has 6 rings (SSSR count). The molecule has 1 aliphatic carbocycles. The van der Waals surface area contributed by atoms with Gasteiger partial charge in [-0.3, -0.25) is 14.6 Å². The molecular weight excluding hydrogens is 466 g/mol. The van der Waals surface area contributed by atoms with Crippen molar-refractivity contribution in [2.75, 3.05) is 33.4 Å². The lowest BCUT2D eigenvalue weighted by Gasteiger charge is -2.42. The Labute approximate surface area is 217 Å². The summed E-state index contributed by atoms with van der Waals surface area (Å²) in [6.45, 7) is 3.10. The standard InChI is InChI=1S/C29H33N5O3/c1-37-18-17-33-28(36)34(25-19-22-7-2-3-8-23(22)20-25)27(35)29(33)11-15-31(16-12-29)21-24-9-6-14-32(24)26-10-4-5-13-30-26/h2-10,13-14,25H,11-12,15-21H2,1H3. The number of likely N-dealkylation sites (tertiary alicyclic amines) is 1. The molecular formula is C29H33N5O3. The molecule has 2 aromatic heterocycles. The lowest BCUT2D eigenvalue weighted by atomic mass is 9.85. The lowest BCUT2D eigenvalue weighted by molar-refractivity contribution is -0.137. The van der Waals surface area contributed by atoms with Crippen molar-refractivity contribution in [3.05, 3.63) is 83.8 Å². The number of rotatable bonds is 7. The first kappa shape index (κ1) is 23.9. The van der Waals surface area contributed by atoms with Crippen molar-refractivity contribution in [3.8, 4) is 5.82 Å². The van der Waals surface area contributed by atoms with Crippen LogP contribution in [0, 0.1) is 0 Å². The molecule has 4 heterocycles. The largest absolute Gasteiger partial charge is 0.383 e. The number of urea groups is 1. The van der Waals surface area contributed by atoms with Crippen LogP contribution in [-0.2, 0) is 28.9 Å². The molecule has 0 unspecified atom stereocenters. The summed E-state index contributed by atoms with van der Waals surface area (Å²) in [5, 5.41) is 0. The number of ether oxygens (including phenoxy) is 1. The fourth-order valence-electron chi connectivity index (χ4n) is 6.33. The van der Waals surface area contributed by atoms with Crippen molar-refractivity contribution >= 4 is 11.9 Å². The lowest BCUT2D eigenvalue weighted by Crippen LogP contribution is -2.57. The Balaban J connectivity index is 1.19. The highest BCUT2D eigenvalue weighted by Gasteiger charge is 2.59. The number of benzene rings is 1. The number of carbonyl (C=O) groups is 2. The second-order valence-corrected chi connectivity index (χ2v) is 10.3. The van der Waals surface area contributed by atoms with E-state index in [2.05, 4.69) is 32.7 Å². The van der Waals surface area contributed by atoms with Crippen LogP contribution < -0.4 is 0 Å². The molecule has 1 aromatic carbocycles. The van der Waals surface area contributed by atoms with E-state index >= 15 is 0 Å². The summed E-state index contributed by atoms with van der Waals surface area (Å²) < 4.78 is 7.45. The predicted octanol–water partition coefficient (Wildman–Crippen LogP) is 3.28. The van der Waals surface area contributed by atoms with Crippen LogP contribution in [0.2, 0.25) is 0 Å². The molecule has 8 nitrogen and oxygen atoms in total. The van der Waals surface area contributed by atoms with Gasteiger partial charge in [-0.25, -0.2) is 9.78 Å². The van der Waals surface area contributed by atoms with E-state index in [1.54, 1.807) is 18.2 Å². The van der Waals surface area contributed by atoms with Crippen molar-refractivity contribution < 1.29 is 14.3 Å². The van der Waals surface area contributed by atoms with Crippen molar-refractivity contribution in [3.63, 3.8) is 0 Å². The van der Waals surface area contributed by atoms with Crippen LogP contribution in [0.4, 0.5) is 4.79 Å². The molecule has 3 aromatic rings. The molecule has 1 spiro atoms. The number of nitrogens with zero attached hydrogens (tertiary/aromatic N) is 5. The maximum Gasteiger partial charge on any atom is 0.328 e. The van der Waals surface area contributed by atoms with Gasteiger partial charge in [0, 0.05) is 57.4 Å². The van der Waals surface area contributed by atoms with Crippen LogP contribution in [0.1, 0.15) is 29.7 Å². The molecule has 3 amide bonds. The van der Waals surface area contributed by atoms with E-state index in [1.807, 2.05) is 47.5 Å². The van der Waals surface area contributed by atoms with Gasteiger partial charge in [-0.05, 0) is 61.1 Å². The summed E-state index contributed by atoms with van der Waals surface area (Å²) in [5.74, 6) is 0.870. The summed E-state index contributed by atoms with van der Waals surface area (Å²) in [7, 11) is 1.64. The van der Waals surface area contributed by atoms with E-state index in [0.717, 1.165) is 44.0 Å². The molecule has 0 atom stereocenters. The molecule has 2 fully saturated rings. The van der Waals surface area contributed by atoms with Gasteiger partial charge in [0.25, 0.3) is 5.91 Å². The Morgan fingerprint density at radius 2 is 1.70 bits per heavy atom. The van der Waals surface area contributed by atoms with Crippen molar-refractivity contribution in [1.29, 1.82) is 0 Å². The second-order valence-electron chi connectivity index (χ2n) is 10.3. The maximum absolute atomic E-state index is 14.1. The minimum absolute atomic E-state index is 0.0251. The van der Waals surface area contributed by atoms with E-state index in [-0.39, 0.29) is 18.0 Å². The summed E-state index contributed by atoms with van der Waals surface area (Å²) in [4.78, 5) is 38.0. The minimum Gasteiger partial charge on any atom is -0.383 e. The van der Waals surface area contributed by atoms with Crippen molar-refractivity contribution in [1.82, 2.24) is 24.3 Å². The van der Waals surface area contributed by atoms with Crippen molar-refractivity contribution in [2.45, 2.75) is 43.8 Å². The van der Waals surface area contributed by atoms with Gasteiger partial charge in [0.2, 0.25) is 0 Å². The van der Waals surface area contributed by atoms with Gasteiger partial charge in [-0.2, -0.15) is 0 Å². The van der Waals surface area contributed by atoms with Crippen molar-refractivity contribution in [2.24, 2.45) is 0 Å². The zero-order valence-electron chi connectivity index (χ0n) is 21.3. The summed E-state index contributed by atoms with van der Waals surface area (Å²) in [6.07, 6.45) is 6.56. The Bertz CT molecular complexity index is 1260. The first-order valence-corrected chi connectivity index (χ1v) is 13.1. The van der Waals surface area contributed by atoms with E-state index in [4.69, 9.17) is 4.74 Å². The number of carbonyl (C=O) groups excluding carboxylic acids is 2. The second kappa shape index (κ2) is 9.76. The smallest absolute Gasteiger partial charge is 0.328 e. The molecule has 8 heteroatoms. The number of pyridine rings is 1. The monoisotopic (exact) mass is 499 g/mol. The summed E-state index contributed by atoms with van der Waals surface area (Å²) in [5.41, 5.74) is 2.85. The average Bonchev–Trinajstić information content (AvgIpc) is 3.61. The van der Waals surface area contributed by atoms with Gasteiger partial charge in [0.05, 0.1) is 6.61 Å². The molecule has 2 saturated heterocycles. The highest BCUT2D eigenvalue weighted by atomic mass is 16.5. The number of methoxy groups -OCH3 is 1. The van der Waals surface area contributed by atoms with Crippen LogP contribution >= 0.6 is 0 Å². The van der Waals surface area contributed by atoms with Gasteiger partial charge in [-0.1, -0.05) is 30.3 Å². The number of imide groups is 1. The molecule has 3 aliphatic rings. The zero-order chi connectivity index (χ0) is 25.4. The van der Waals surface area contributed by atoms with Crippen LogP contribution in [0.5, 0.6) is 0 Å². The highest BCUT2D eigenvalue weighted by Crippen LogP contribution is 2.40. The van der Waals surface area contributed by atoms with Crippen LogP contribution in [-0.4, -0.2) is 81.1 Å². The number of fused-ring (bicyclic) bond motifs is 1. The Morgan fingerprint density at radius 3 is 2.38 bits per heavy atom. The third-order valence-corrected chi connectivity index (χ3v) is 8.28. The average molecular weight is 500 g/mol. The first-order chi connectivity index (χ1) is 18.1. The fraction of sp³-hybridized carbons (Fsp3) is 0.414. The predicted molar refractivity (Wildman–Crippen MR) is 139 cm³/mol. The number of hydrogen-bond acceptors (Lipinski definition) is 5. The van der Waals surface area contributed by atoms with Crippen LogP contribution in [0.3, 0.4) is 0 Å². The Morgan fingerprint density at radius 1 is 0.973 bits per heavy atom. The molecule has 0 radical (unpaired) electrons. The van der Waals surface area contributed by atoms with Crippen LogP contribution in [0.25, 0.3) is 5.82 Å². The molecule has 0 saturated carbocycles. The van der Waals surface area contributed by atoms with E-state index in [9.17, 15) is 9.59 Å². The molecule has 192 valence electrons. The first-order valence-electron chi connectivity index (χ1n) is 13.1. The van der Waals surface area contributed by atoms with Gasteiger partial charge in [0.15, 0.2) is 0 Å². The third-order valence-electron chi connectivity index (χ3n) is 8.28. The van der Waals surface area contributed by atoms with E-state index in [0.29, 0.717) is 26.0 Å². The SMILES string of the molecule is COCCN1C(=O)N(C2Cc3ccccc3C2)C(=O)C12CCN(Cc1cccn1-c1ccccn1)CC2. The highest BCUT2D eigenvalue weighted by molar-refractivity contribution is 6.07. The minimum atomic E-state index is -0.788. The summed E-state index contributed by atoms with van der Waals surface area (Å²) >= 11 is 0. The number of hydrogen-bond donors (Lipinski definition) is 0. The number of amides is 3. The quantitative estimate of drug-likeness (QED) is 0.467. The van der Waals surface area contributed by atoms with Crippen LogP contribution in [0.15, 0.2) is 67.0 Å². The van der Waals surface area contributed by atoms with Gasteiger partial charge in [-0.15, -0.1) is 0 Å². The molecule has 0 N–H and O–H groups in total. The Hall–Kier alpha value is -3.49. The van der Waals surface area contributed by atoms with E-state index in [1.165, 1.54) is 11.1 Å². The molecule has 2 aliphatic heterocycles. The van der Waals surface area contributed by atoms with E-state index < -0.39 is 5.54 Å². The normalized spacial score (nSPS) is 19.8. The number of piperidine rings is 1. The number of aromatic nitrogens is 2. The zero-order valence-corrected chi connectivity index (χ0v) is 21.3. The van der Waals surface area contributed by atoms with Gasteiger partial charge < -0.3 is 14.2 Å². The summed E-state index contributed by atoms with van der Waals surface area (Å²) in [6, 6.07) is 18.1. The molecule has 37 heavy (non-hydrogen) atoms. The fourth-order valence-corrected chi connectivity index (χ4v) is 6.33. The van der Waals surface area contributed by atoms with Gasteiger partial charge >= 0.3 is 6.03 Å².